The molecule has 0 amide bonds. The first-order valence-corrected chi connectivity index (χ1v) is 7.37. The zero-order chi connectivity index (χ0) is 12.5. The summed E-state index contributed by atoms with van der Waals surface area (Å²) in [4.78, 5) is 19.6. The Morgan fingerprint density at radius 3 is 3.22 bits per heavy atom. The van der Waals surface area contributed by atoms with E-state index in [0.717, 1.165) is 13.1 Å². The molecule has 0 N–H and O–H groups in total. The van der Waals surface area contributed by atoms with Crippen LogP contribution in [0.15, 0.2) is 11.7 Å². The molecule has 0 aromatic carbocycles. The number of aromatic nitrogens is 1. The molecule has 3 rings (SSSR count). The normalized spacial score (nSPS) is 31.5. The average molecular weight is 266 g/mol. The number of ether oxygens (including phenoxy) is 1. The van der Waals surface area contributed by atoms with Gasteiger partial charge in [0.05, 0.1) is 12.6 Å². The summed E-state index contributed by atoms with van der Waals surface area (Å²) in [5.41, 5.74) is 1.85. The Bertz CT molecular complexity index is 421. The summed E-state index contributed by atoms with van der Waals surface area (Å²) in [6.45, 7) is 1.86. The van der Waals surface area contributed by atoms with Crippen LogP contribution in [0.1, 0.15) is 24.1 Å². The molecular weight excluding hydrogens is 248 g/mol. The first kappa shape index (κ1) is 12.1. The van der Waals surface area contributed by atoms with Gasteiger partial charge in [-0.25, -0.2) is 0 Å². The van der Waals surface area contributed by atoms with Gasteiger partial charge < -0.3 is 4.74 Å². The van der Waals surface area contributed by atoms with Crippen LogP contribution >= 0.6 is 11.3 Å². The van der Waals surface area contributed by atoms with Crippen molar-refractivity contribution in [1.29, 1.82) is 0 Å². The molecule has 1 saturated carbocycles. The maximum Gasteiger partial charge on any atom is 0.323 e. The third-order valence-corrected chi connectivity index (χ3v) is 5.04. The van der Waals surface area contributed by atoms with Crippen molar-refractivity contribution in [1.82, 2.24) is 9.88 Å². The molecule has 1 aliphatic carbocycles. The molecule has 2 fully saturated rings. The van der Waals surface area contributed by atoms with Crippen molar-refractivity contribution < 1.29 is 9.53 Å². The second-order valence-corrected chi connectivity index (χ2v) is 6.19. The van der Waals surface area contributed by atoms with E-state index in [1.807, 2.05) is 11.7 Å². The summed E-state index contributed by atoms with van der Waals surface area (Å²) in [6.07, 6.45) is 5.59. The quantitative estimate of drug-likeness (QED) is 0.784. The van der Waals surface area contributed by atoms with Crippen molar-refractivity contribution in [3.05, 3.63) is 16.6 Å². The van der Waals surface area contributed by atoms with Gasteiger partial charge in [0.2, 0.25) is 0 Å². The Morgan fingerprint density at radius 1 is 1.61 bits per heavy atom. The maximum absolute atomic E-state index is 12.0. The average Bonchev–Trinajstić information content (AvgIpc) is 3.04. The van der Waals surface area contributed by atoms with Crippen LogP contribution in [-0.4, -0.2) is 35.5 Å². The van der Waals surface area contributed by atoms with Gasteiger partial charge in [0.1, 0.15) is 6.04 Å². The second kappa shape index (κ2) is 4.97. The molecule has 18 heavy (non-hydrogen) atoms. The number of carbonyl (C=O) groups is 1. The van der Waals surface area contributed by atoms with Gasteiger partial charge in [-0.15, -0.1) is 11.3 Å². The van der Waals surface area contributed by atoms with Crippen molar-refractivity contribution in [2.75, 3.05) is 13.7 Å². The topological polar surface area (TPSA) is 42.4 Å². The summed E-state index contributed by atoms with van der Waals surface area (Å²) >= 11 is 1.65. The molecular formula is C13H18N2O2S. The van der Waals surface area contributed by atoms with Gasteiger partial charge in [0, 0.05) is 24.2 Å². The number of fused-ring (bicyclic) bond motifs is 1. The SMILES string of the molecule is COC(=O)[C@@H]1[C@H]2CCC[C@H]2CN1Cc1cncs1. The molecule has 1 saturated heterocycles. The first-order valence-electron chi connectivity index (χ1n) is 6.49. The van der Waals surface area contributed by atoms with Crippen LogP contribution in [0.3, 0.4) is 0 Å². The Morgan fingerprint density at radius 2 is 2.50 bits per heavy atom. The fourth-order valence-corrected chi connectivity index (χ4v) is 4.14. The van der Waals surface area contributed by atoms with Gasteiger partial charge in [0.25, 0.3) is 0 Å². The molecule has 0 radical (unpaired) electrons. The van der Waals surface area contributed by atoms with Crippen LogP contribution in [0.2, 0.25) is 0 Å². The van der Waals surface area contributed by atoms with Crippen LogP contribution in [-0.2, 0) is 16.1 Å². The molecule has 1 aliphatic heterocycles. The van der Waals surface area contributed by atoms with Gasteiger partial charge in [0.15, 0.2) is 0 Å². The molecule has 3 atom stereocenters. The largest absolute Gasteiger partial charge is 0.468 e. The van der Waals surface area contributed by atoms with Crippen molar-refractivity contribution in [2.24, 2.45) is 11.8 Å². The molecule has 4 nitrogen and oxygen atoms in total. The van der Waals surface area contributed by atoms with Gasteiger partial charge in [-0.1, -0.05) is 6.42 Å². The van der Waals surface area contributed by atoms with E-state index in [0.29, 0.717) is 11.8 Å². The number of nitrogens with zero attached hydrogens (tertiary/aromatic N) is 2. The lowest BCUT2D eigenvalue weighted by atomic mass is 9.94. The molecule has 1 aromatic heterocycles. The van der Waals surface area contributed by atoms with Crippen LogP contribution < -0.4 is 0 Å². The fourth-order valence-electron chi connectivity index (χ4n) is 3.52. The summed E-state index contributed by atoms with van der Waals surface area (Å²) in [7, 11) is 1.50. The number of hydrogen-bond donors (Lipinski definition) is 0. The van der Waals surface area contributed by atoms with Crippen LogP contribution in [0.5, 0.6) is 0 Å². The molecule has 98 valence electrons. The van der Waals surface area contributed by atoms with E-state index in [2.05, 4.69) is 9.88 Å². The Kier molecular flexibility index (Phi) is 3.35. The monoisotopic (exact) mass is 266 g/mol. The maximum atomic E-state index is 12.0. The molecule has 0 unspecified atom stereocenters. The standard InChI is InChI=1S/C13H18N2O2S/c1-17-13(16)12-11-4-2-3-9(11)6-15(12)7-10-5-14-8-18-10/h5,8-9,11-12H,2-4,6-7H2,1H3/t9-,11-,12-/m0/s1. The minimum atomic E-state index is -0.0612. The first-order chi connectivity index (χ1) is 8.79. The third kappa shape index (κ3) is 2.06. The van der Waals surface area contributed by atoms with Crippen molar-refractivity contribution in [3.63, 3.8) is 0 Å². The summed E-state index contributed by atoms with van der Waals surface area (Å²) in [5, 5.41) is 0. The number of hydrogen-bond acceptors (Lipinski definition) is 5. The zero-order valence-electron chi connectivity index (χ0n) is 10.5. The Balaban J connectivity index is 1.77. The highest BCUT2D eigenvalue weighted by Gasteiger charge is 2.47. The predicted octanol–water partition coefficient (Wildman–Crippen LogP) is 1.92. The van der Waals surface area contributed by atoms with E-state index in [-0.39, 0.29) is 12.0 Å². The van der Waals surface area contributed by atoms with E-state index < -0.39 is 0 Å². The Labute approximate surface area is 111 Å². The van der Waals surface area contributed by atoms with Gasteiger partial charge in [-0.2, -0.15) is 0 Å². The lowest BCUT2D eigenvalue weighted by Gasteiger charge is -2.24. The highest BCUT2D eigenvalue weighted by Crippen LogP contribution is 2.43. The lowest BCUT2D eigenvalue weighted by Crippen LogP contribution is -2.39. The molecule has 2 heterocycles. The van der Waals surface area contributed by atoms with E-state index >= 15 is 0 Å². The Hall–Kier alpha value is -0.940. The summed E-state index contributed by atoms with van der Waals surface area (Å²) < 4.78 is 5.00. The number of rotatable bonds is 3. The minimum Gasteiger partial charge on any atom is -0.468 e. The number of methoxy groups -OCH3 is 1. The molecule has 0 bridgehead atoms. The molecule has 1 aromatic rings. The minimum absolute atomic E-state index is 0.0374. The van der Waals surface area contributed by atoms with Crippen LogP contribution in [0.4, 0.5) is 0 Å². The van der Waals surface area contributed by atoms with Crippen molar-refractivity contribution in [3.8, 4) is 0 Å². The van der Waals surface area contributed by atoms with E-state index in [1.54, 1.807) is 11.3 Å². The highest BCUT2D eigenvalue weighted by atomic mass is 32.1. The second-order valence-electron chi connectivity index (χ2n) is 5.22. The number of esters is 1. The predicted molar refractivity (Wildman–Crippen MR) is 69.2 cm³/mol. The van der Waals surface area contributed by atoms with Gasteiger partial charge in [-0.3, -0.25) is 14.7 Å². The summed E-state index contributed by atoms with van der Waals surface area (Å²) in [5.74, 6) is 1.13. The zero-order valence-corrected chi connectivity index (χ0v) is 11.4. The third-order valence-electron chi connectivity index (χ3n) is 4.27. The van der Waals surface area contributed by atoms with Crippen LogP contribution in [0, 0.1) is 11.8 Å². The van der Waals surface area contributed by atoms with E-state index in [9.17, 15) is 4.79 Å². The molecule has 0 spiro atoms. The molecule has 2 aliphatic rings. The fraction of sp³-hybridized carbons (Fsp3) is 0.692. The van der Waals surface area contributed by atoms with Crippen molar-refractivity contribution >= 4 is 17.3 Å². The summed E-state index contributed by atoms with van der Waals surface area (Å²) in [6, 6.07) is -0.0374. The lowest BCUT2D eigenvalue weighted by molar-refractivity contribution is -0.147. The smallest absolute Gasteiger partial charge is 0.323 e. The molecule has 5 heteroatoms. The van der Waals surface area contributed by atoms with Gasteiger partial charge >= 0.3 is 5.97 Å². The number of thiazole rings is 1. The number of likely N-dealkylation sites (tertiary alicyclic amines) is 1. The van der Waals surface area contributed by atoms with Gasteiger partial charge in [-0.05, 0) is 24.7 Å². The van der Waals surface area contributed by atoms with Crippen LogP contribution in [0.25, 0.3) is 0 Å². The van der Waals surface area contributed by atoms with E-state index in [4.69, 9.17) is 4.74 Å². The van der Waals surface area contributed by atoms with E-state index in [1.165, 1.54) is 31.2 Å². The number of carbonyl (C=O) groups excluding carboxylic acids is 1. The van der Waals surface area contributed by atoms with Crippen molar-refractivity contribution in [2.45, 2.75) is 31.8 Å². The highest BCUT2D eigenvalue weighted by molar-refractivity contribution is 7.09.